The summed E-state index contributed by atoms with van der Waals surface area (Å²) in [5.41, 5.74) is 7.91. The summed E-state index contributed by atoms with van der Waals surface area (Å²) < 4.78 is 6.70. The summed E-state index contributed by atoms with van der Waals surface area (Å²) in [6, 6.07) is 5.32. The Morgan fingerprint density at radius 2 is 2.24 bits per heavy atom. The van der Waals surface area contributed by atoms with Gasteiger partial charge in [-0.25, -0.2) is 0 Å². The number of rotatable bonds is 4. The first-order valence-corrected chi connectivity index (χ1v) is 6.72. The van der Waals surface area contributed by atoms with E-state index in [1.54, 1.807) is 39.3 Å². The summed E-state index contributed by atoms with van der Waals surface area (Å²) in [6.45, 7) is 1.99. The quantitative estimate of drug-likeness (QED) is 0.904. The highest BCUT2D eigenvalue weighted by atomic mass is 35.5. The summed E-state index contributed by atoms with van der Waals surface area (Å²) >= 11 is 6.13. The van der Waals surface area contributed by atoms with Gasteiger partial charge in [0, 0.05) is 24.2 Å². The Morgan fingerprint density at radius 1 is 1.52 bits per heavy atom. The first-order chi connectivity index (χ1) is 9.95. The van der Waals surface area contributed by atoms with E-state index in [4.69, 9.17) is 22.1 Å². The molecule has 0 saturated carbocycles. The molecule has 2 rings (SSSR count). The molecule has 7 heteroatoms. The summed E-state index contributed by atoms with van der Waals surface area (Å²) in [6.07, 6.45) is 0. The highest BCUT2D eigenvalue weighted by Gasteiger charge is 2.18. The topological polar surface area (TPSA) is 82.2 Å². The molecule has 0 aliphatic carbocycles. The molecule has 0 fully saturated rings. The smallest absolute Gasteiger partial charge is 0.271 e. The van der Waals surface area contributed by atoms with Gasteiger partial charge in [-0.15, -0.1) is 0 Å². The van der Waals surface area contributed by atoms with Crippen LogP contribution >= 0.6 is 11.6 Å². The fourth-order valence-corrected chi connectivity index (χ4v) is 2.33. The lowest BCUT2D eigenvalue weighted by atomic mass is 10.2. The molecule has 0 spiro atoms. The van der Waals surface area contributed by atoms with Gasteiger partial charge in [-0.3, -0.25) is 9.48 Å². The van der Waals surface area contributed by atoms with E-state index in [0.717, 1.165) is 0 Å². The molecule has 6 nitrogen and oxygen atoms in total. The van der Waals surface area contributed by atoms with Crippen LogP contribution in [0.25, 0.3) is 0 Å². The molecule has 1 aromatic heterocycles. The number of hydrogen-bond acceptors (Lipinski definition) is 4. The fraction of sp³-hybridized carbons (Fsp3) is 0.286. The maximum absolute atomic E-state index is 12.2. The number of methoxy groups -OCH3 is 1. The lowest BCUT2D eigenvalue weighted by molar-refractivity contribution is 0.0942. The number of carbonyl (C=O) groups excluding carboxylic acids is 1. The molecule has 0 saturated heterocycles. The molecule has 112 valence electrons. The molecule has 0 aliphatic rings. The molecule has 0 aliphatic heterocycles. The number of carbonyl (C=O) groups is 1. The SMILES string of the molecule is COc1cccc(Cl)c1CNC(=O)c1c(N)c(C)nn1C. The Hall–Kier alpha value is -2.21. The molecule has 1 amide bonds. The van der Waals surface area contributed by atoms with Gasteiger partial charge in [0.1, 0.15) is 11.4 Å². The van der Waals surface area contributed by atoms with Crippen molar-refractivity contribution in [2.45, 2.75) is 13.5 Å². The van der Waals surface area contributed by atoms with Crippen LogP contribution in [0, 0.1) is 6.92 Å². The second-order valence-corrected chi connectivity index (χ2v) is 4.98. The highest BCUT2D eigenvalue weighted by molar-refractivity contribution is 6.31. The number of benzene rings is 1. The normalized spacial score (nSPS) is 10.5. The van der Waals surface area contributed by atoms with Crippen LogP contribution in [0.3, 0.4) is 0 Å². The minimum absolute atomic E-state index is 0.241. The molecule has 1 heterocycles. The number of ether oxygens (including phenoxy) is 1. The van der Waals surface area contributed by atoms with E-state index < -0.39 is 0 Å². The molecule has 0 atom stereocenters. The Bertz CT molecular complexity index is 682. The number of halogens is 1. The lowest BCUT2D eigenvalue weighted by Crippen LogP contribution is -2.26. The van der Waals surface area contributed by atoms with Gasteiger partial charge in [-0.05, 0) is 19.1 Å². The third-order valence-electron chi connectivity index (χ3n) is 3.21. The number of aromatic nitrogens is 2. The van der Waals surface area contributed by atoms with Gasteiger partial charge in [-0.1, -0.05) is 17.7 Å². The van der Waals surface area contributed by atoms with Crippen molar-refractivity contribution in [3.8, 4) is 5.75 Å². The van der Waals surface area contributed by atoms with Gasteiger partial charge >= 0.3 is 0 Å². The van der Waals surface area contributed by atoms with Crippen molar-refractivity contribution < 1.29 is 9.53 Å². The molecule has 3 N–H and O–H groups in total. The molecule has 0 unspecified atom stereocenters. The van der Waals surface area contributed by atoms with Crippen molar-refractivity contribution in [3.63, 3.8) is 0 Å². The van der Waals surface area contributed by atoms with E-state index in [-0.39, 0.29) is 12.5 Å². The Morgan fingerprint density at radius 3 is 2.81 bits per heavy atom. The van der Waals surface area contributed by atoms with Crippen LogP contribution < -0.4 is 15.8 Å². The second-order valence-electron chi connectivity index (χ2n) is 4.57. The van der Waals surface area contributed by atoms with Gasteiger partial charge in [0.25, 0.3) is 5.91 Å². The number of nitrogens with zero attached hydrogens (tertiary/aromatic N) is 2. The second kappa shape index (κ2) is 6.05. The first-order valence-electron chi connectivity index (χ1n) is 6.34. The minimum atomic E-state index is -0.308. The summed E-state index contributed by atoms with van der Waals surface area (Å²) in [7, 11) is 3.23. The van der Waals surface area contributed by atoms with Gasteiger partial charge in [0.15, 0.2) is 0 Å². The number of anilines is 1. The molecule has 2 aromatic rings. The van der Waals surface area contributed by atoms with Gasteiger partial charge in [-0.2, -0.15) is 5.10 Å². The third-order valence-corrected chi connectivity index (χ3v) is 3.56. The van der Waals surface area contributed by atoms with Crippen LogP contribution in [0.1, 0.15) is 21.7 Å². The lowest BCUT2D eigenvalue weighted by Gasteiger charge is -2.11. The van der Waals surface area contributed by atoms with Gasteiger partial charge in [0.2, 0.25) is 0 Å². The van der Waals surface area contributed by atoms with Crippen molar-refractivity contribution in [2.75, 3.05) is 12.8 Å². The van der Waals surface area contributed by atoms with Crippen LogP contribution in [-0.4, -0.2) is 22.8 Å². The first kappa shape index (κ1) is 15.2. The average molecular weight is 309 g/mol. The van der Waals surface area contributed by atoms with E-state index >= 15 is 0 Å². The van der Waals surface area contributed by atoms with Crippen LogP contribution in [0.4, 0.5) is 5.69 Å². The Kier molecular flexibility index (Phi) is 4.37. The third kappa shape index (κ3) is 2.95. The van der Waals surface area contributed by atoms with E-state index in [9.17, 15) is 4.79 Å². The largest absolute Gasteiger partial charge is 0.496 e. The number of aryl methyl sites for hydroxylation is 2. The van der Waals surface area contributed by atoms with E-state index in [2.05, 4.69) is 10.4 Å². The van der Waals surface area contributed by atoms with E-state index in [0.29, 0.717) is 33.4 Å². The number of amides is 1. The number of nitrogens with one attached hydrogen (secondary N) is 1. The zero-order valence-corrected chi connectivity index (χ0v) is 12.9. The predicted molar refractivity (Wildman–Crippen MR) is 81.5 cm³/mol. The van der Waals surface area contributed by atoms with Crippen LogP contribution in [0.5, 0.6) is 5.75 Å². The van der Waals surface area contributed by atoms with Gasteiger partial charge < -0.3 is 15.8 Å². The zero-order chi connectivity index (χ0) is 15.6. The standard InChI is InChI=1S/C14H17ClN4O2/c1-8-12(16)13(19(2)18-8)14(20)17-7-9-10(15)5-4-6-11(9)21-3/h4-6H,7,16H2,1-3H3,(H,17,20). The van der Waals surface area contributed by atoms with Crippen molar-refractivity contribution in [3.05, 3.63) is 40.2 Å². The van der Waals surface area contributed by atoms with Crippen LogP contribution in [0.15, 0.2) is 18.2 Å². The molecular formula is C14H17ClN4O2. The van der Waals surface area contributed by atoms with E-state index in [1.807, 2.05) is 0 Å². The van der Waals surface area contributed by atoms with E-state index in [1.165, 1.54) is 4.68 Å². The Balaban J connectivity index is 2.19. The number of nitrogen functional groups attached to an aromatic ring is 1. The molecule has 21 heavy (non-hydrogen) atoms. The summed E-state index contributed by atoms with van der Waals surface area (Å²) in [5, 5.41) is 7.43. The maximum Gasteiger partial charge on any atom is 0.271 e. The number of nitrogens with two attached hydrogens (primary N) is 1. The molecule has 0 radical (unpaired) electrons. The zero-order valence-electron chi connectivity index (χ0n) is 12.1. The van der Waals surface area contributed by atoms with Crippen molar-refractivity contribution in [1.82, 2.24) is 15.1 Å². The monoisotopic (exact) mass is 308 g/mol. The van der Waals surface area contributed by atoms with Crippen molar-refractivity contribution >= 4 is 23.2 Å². The fourth-order valence-electron chi connectivity index (χ4n) is 2.10. The molecular weight excluding hydrogens is 292 g/mol. The Labute approximate surface area is 127 Å². The van der Waals surface area contributed by atoms with Crippen LogP contribution in [0.2, 0.25) is 5.02 Å². The summed E-state index contributed by atoms with van der Waals surface area (Å²) in [5.74, 6) is 0.314. The molecule has 0 bridgehead atoms. The predicted octanol–water partition coefficient (Wildman–Crippen LogP) is 1.90. The van der Waals surface area contributed by atoms with Crippen molar-refractivity contribution in [2.24, 2.45) is 7.05 Å². The van der Waals surface area contributed by atoms with Crippen LogP contribution in [-0.2, 0) is 13.6 Å². The minimum Gasteiger partial charge on any atom is -0.496 e. The number of hydrogen-bond donors (Lipinski definition) is 2. The van der Waals surface area contributed by atoms with Crippen molar-refractivity contribution in [1.29, 1.82) is 0 Å². The van der Waals surface area contributed by atoms with Gasteiger partial charge in [0.05, 0.1) is 18.5 Å². The maximum atomic E-state index is 12.2. The summed E-state index contributed by atoms with van der Waals surface area (Å²) in [4.78, 5) is 12.2. The average Bonchev–Trinajstić information content (AvgIpc) is 2.70. The molecule has 1 aromatic carbocycles. The highest BCUT2D eigenvalue weighted by Crippen LogP contribution is 2.26.